The first-order valence-corrected chi connectivity index (χ1v) is 12.9. The third-order valence-corrected chi connectivity index (χ3v) is 7.92. The molecule has 0 radical (unpaired) electrons. The number of hydrogen-bond acceptors (Lipinski definition) is 4. The van der Waals surface area contributed by atoms with Crippen LogP contribution in [0.25, 0.3) is 0 Å². The van der Waals surface area contributed by atoms with Gasteiger partial charge >= 0.3 is 5.97 Å². The van der Waals surface area contributed by atoms with Gasteiger partial charge in [-0.15, -0.1) is 0 Å². The number of ether oxygens (including phenoxy) is 2. The monoisotopic (exact) mass is 482 g/mol. The average Bonchev–Trinajstić information content (AvgIpc) is 3.31. The number of rotatable bonds is 8. The maximum absolute atomic E-state index is 13.0. The zero-order chi connectivity index (χ0) is 24.1. The van der Waals surface area contributed by atoms with Crippen molar-refractivity contribution < 1.29 is 18.5 Å². The average molecular weight is 483 g/mol. The molecule has 0 saturated carbocycles. The lowest BCUT2D eigenvalue weighted by Crippen LogP contribution is -2.35. The van der Waals surface area contributed by atoms with Crippen molar-refractivity contribution in [1.82, 2.24) is 0 Å². The van der Waals surface area contributed by atoms with Crippen molar-refractivity contribution in [2.24, 2.45) is 0 Å². The highest BCUT2D eigenvalue weighted by molar-refractivity contribution is 7.86. The minimum Gasteiger partial charge on any atom is -0.459 e. The van der Waals surface area contributed by atoms with E-state index >= 15 is 0 Å². The molecule has 3 unspecified atom stereocenters. The Balaban J connectivity index is 1.46. The van der Waals surface area contributed by atoms with E-state index in [9.17, 15) is 9.00 Å². The van der Waals surface area contributed by atoms with Gasteiger partial charge in [0.15, 0.2) is 0 Å². The molecular weight excluding hydrogens is 456 g/mol. The molecule has 4 aromatic carbocycles. The highest BCUT2D eigenvalue weighted by atomic mass is 32.2. The standard InChI is InChI=1S/C30H26O4S/c31-29-28(35(32)27-19-11-4-12-20-27)21-26(34-29)22-33-30(23-13-5-1-6-14-23,24-15-7-2-8-16-24)25-17-9-3-10-18-25/h1-20,26,28H,21-22H2. The minimum absolute atomic E-state index is 0.174. The molecular formula is C30H26O4S. The summed E-state index contributed by atoms with van der Waals surface area (Å²) in [6.07, 6.45) is -0.148. The molecule has 176 valence electrons. The Bertz CT molecular complexity index is 1180. The second kappa shape index (κ2) is 10.4. The second-order valence-electron chi connectivity index (χ2n) is 8.48. The molecule has 1 heterocycles. The third-order valence-electron chi connectivity index (χ3n) is 6.28. The number of benzene rings is 4. The van der Waals surface area contributed by atoms with Crippen molar-refractivity contribution >= 4 is 16.8 Å². The van der Waals surface area contributed by atoms with Gasteiger partial charge in [-0.05, 0) is 28.8 Å². The van der Waals surface area contributed by atoms with Gasteiger partial charge in [0, 0.05) is 11.3 Å². The largest absolute Gasteiger partial charge is 0.459 e. The van der Waals surface area contributed by atoms with E-state index in [0.717, 1.165) is 16.7 Å². The first kappa shape index (κ1) is 23.2. The molecule has 0 aliphatic carbocycles. The Morgan fingerprint density at radius 1 is 0.714 bits per heavy atom. The summed E-state index contributed by atoms with van der Waals surface area (Å²) in [5.74, 6) is -0.439. The summed E-state index contributed by atoms with van der Waals surface area (Å²) in [5, 5.41) is -0.703. The summed E-state index contributed by atoms with van der Waals surface area (Å²) >= 11 is 0. The molecule has 5 rings (SSSR count). The Labute approximate surface area is 208 Å². The maximum Gasteiger partial charge on any atom is 0.322 e. The van der Waals surface area contributed by atoms with Crippen molar-refractivity contribution in [3.05, 3.63) is 138 Å². The smallest absolute Gasteiger partial charge is 0.322 e. The number of esters is 1. The lowest BCUT2D eigenvalue weighted by Gasteiger charge is -2.36. The molecule has 4 aromatic rings. The molecule has 3 atom stereocenters. The van der Waals surface area contributed by atoms with Gasteiger partial charge in [-0.1, -0.05) is 109 Å². The van der Waals surface area contributed by atoms with Crippen LogP contribution < -0.4 is 0 Å². The molecule has 0 bridgehead atoms. The SMILES string of the molecule is O=C1OC(COC(c2ccccc2)(c2ccccc2)c2ccccc2)CC1S(=O)c1ccccc1. The van der Waals surface area contributed by atoms with Crippen LogP contribution in [-0.2, 0) is 30.7 Å². The Morgan fingerprint density at radius 3 is 1.60 bits per heavy atom. The van der Waals surface area contributed by atoms with E-state index in [2.05, 4.69) is 0 Å². The normalized spacial score (nSPS) is 18.7. The highest BCUT2D eigenvalue weighted by Crippen LogP contribution is 2.41. The van der Waals surface area contributed by atoms with Crippen molar-refractivity contribution in [1.29, 1.82) is 0 Å². The highest BCUT2D eigenvalue weighted by Gasteiger charge is 2.43. The number of hydrogen-bond donors (Lipinski definition) is 0. The van der Waals surface area contributed by atoms with E-state index in [1.54, 1.807) is 12.1 Å². The predicted octanol–water partition coefficient (Wildman–Crippen LogP) is 5.49. The molecule has 0 N–H and O–H groups in total. The third kappa shape index (κ3) is 4.70. The van der Waals surface area contributed by atoms with E-state index in [1.807, 2.05) is 109 Å². The molecule has 1 aliphatic heterocycles. The van der Waals surface area contributed by atoms with Crippen LogP contribution in [-0.4, -0.2) is 28.1 Å². The van der Waals surface area contributed by atoms with Gasteiger partial charge in [-0.3, -0.25) is 9.00 Å². The topological polar surface area (TPSA) is 52.6 Å². The van der Waals surface area contributed by atoms with Gasteiger partial charge in [0.2, 0.25) is 0 Å². The molecule has 4 nitrogen and oxygen atoms in total. The fourth-order valence-electron chi connectivity index (χ4n) is 4.61. The predicted molar refractivity (Wildman–Crippen MR) is 136 cm³/mol. The molecule has 1 aliphatic rings. The van der Waals surface area contributed by atoms with E-state index in [0.29, 0.717) is 11.3 Å². The fourth-order valence-corrected chi connectivity index (χ4v) is 5.98. The summed E-state index contributed by atoms with van der Waals surface area (Å²) in [6, 6.07) is 39.3. The van der Waals surface area contributed by atoms with Gasteiger partial charge in [0.1, 0.15) is 17.0 Å². The Hall–Kier alpha value is -3.54. The molecule has 35 heavy (non-hydrogen) atoms. The van der Waals surface area contributed by atoms with Gasteiger partial charge in [0.05, 0.1) is 17.4 Å². The quantitative estimate of drug-likeness (QED) is 0.246. The summed E-state index contributed by atoms with van der Waals surface area (Å²) in [5.41, 5.74) is 2.04. The molecule has 0 spiro atoms. The van der Waals surface area contributed by atoms with E-state index in [1.165, 1.54) is 0 Å². The molecule has 0 aromatic heterocycles. The molecule has 1 saturated heterocycles. The number of cyclic esters (lactones) is 1. The minimum atomic E-state index is -1.47. The van der Waals surface area contributed by atoms with E-state index in [4.69, 9.17) is 9.47 Å². The Kier molecular flexibility index (Phi) is 6.89. The van der Waals surface area contributed by atoms with Gasteiger partial charge in [-0.25, -0.2) is 0 Å². The van der Waals surface area contributed by atoms with Gasteiger partial charge < -0.3 is 9.47 Å². The van der Waals surface area contributed by atoms with E-state index < -0.39 is 33.7 Å². The van der Waals surface area contributed by atoms with Crippen molar-refractivity contribution in [3.63, 3.8) is 0 Å². The van der Waals surface area contributed by atoms with Gasteiger partial charge in [-0.2, -0.15) is 0 Å². The maximum atomic E-state index is 13.0. The molecule has 0 amide bonds. The van der Waals surface area contributed by atoms with Crippen LogP contribution in [0, 0.1) is 0 Å². The Morgan fingerprint density at radius 2 is 1.14 bits per heavy atom. The summed E-state index contributed by atoms with van der Waals surface area (Å²) < 4.78 is 25.5. The van der Waals surface area contributed by atoms with Crippen molar-refractivity contribution in [3.8, 4) is 0 Å². The zero-order valence-electron chi connectivity index (χ0n) is 19.2. The van der Waals surface area contributed by atoms with Crippen LogP contribution in [0.3, 0.4) is 0 Å². The van der Waals surface area contributed by atoms with Crippen LogP contribution in [0.5, 0.6) is 0 Å². The van der Waals surface area contributed by atoms with E-state index in [-0.39, 0.29) is 6.61 Å². The second-order valence-corrected chi connectivity index (χ2v) is 10.1. The van der Waals surface area contributed by atoms with Crippen LogP contribution >= 0.6 is 0 Å². The lowest BCUT2D eigenvalue weighted by atomic mass is 9.80. The van der Waals surface area contributed by atoms with Crippen molar-refractivity contribution in [2.45, 2.75) is 28.3 Å². The number of carbonyl (C=O) groups is 1. The van der Waals surface area contributed by atoms with Gasteiger partial charge in [0.25, 0.3) is 0 Å². The lowest BCUT2D eigenvalue weighted by molar-refractivity contribution is -0.144. The summed E-state index contributed by atoms with van der Waals surface area (Å²) in [4.78, 5) is 13.3. The van der Waals surface area contributed by atoms with Crippen LogP contribution in [0.2, 0.25) is 0 Å². The van der Waals surface area contributed by atoms with Crippen LogP contribution in [0.4, 0.5) is 0 Å². The molecule has 1 fully saturated rings. The first-order chi connectivity index (χ1) is 17.2. The van der Waals surface area contributed by atoms with Crippen LogP contribution in [0.15, 0.2) is 126 Å². The molecule has 5 heteroatoms. The fraction of sp³-hybridized carbons (Fsp3) is 0.167. The first-order valence-electron chi connectivity index (χ1n) is 11.6. The summed E-state index contributed by atoms with van der Waals surface area (Å²) in [6.45, 7) is 0.174. The zero-order valence-corrected chi connectivity index (χ0v) is 20.0. The number of carbonyl (C=O) groups excluding carboxylic acids is 1. The van der Waals surface area contributed by atoms with Crippen molar-refractivity contribution in [2.75, 3.05) is 6.61 Å². The summed E-state index contributed by atoms with van der Waals surface area (Å²) in [7, 11) is -1.47. The van der Waals surface area contributed by atoms with Crippen LogP contribution in [0.1, 0.15) is 23.1 Å².